The average Bonchev–Trinajstić information content (AvgIpc) is 2.59. The molecule has 0 bridgehead atoms. The highest BCUT2D eigenvalue weighted by atomic mass is 16.5. The Morgan fingerprint density at radius 3 is 2.04 bits per heavy atom. The predicted molar refractivity (Wildman–Crippen MR) is 110 cm³/mol. The van der Waals surface area contributed by atoms with Gasteiger partial charge in [-0.3, -0.25) is 9.59 Å². The lowest BCUT2D eigenvalue weighted by Crippen LogP contribution is -2.57. The number of carboxylic acid groups (broad SMARTS) is 1. The second kappa shape index (κ2) is 8.31. The highest BCUT2D eigenvalue weighted by Crippen LogP contribution is 2.42. The quantitative estimate of drug-likeness (QED) is 0.720. The fourth-order valence-electron chi connectivity index (χ4n) is 4.96. The van der Waals surface area contributed by atoms with Crippen molar-refractivity contribution in [2.24, 2.45) is 23.7 Å². The van der Waals surface area contributed by atoms with Crippen LogP contribution in [0.2, 0.25) is 0 Å². The van der Waals surface area contributed by atoms with E-state index >= 15 is 0 Å². The smallest absolute Gasteiger partial charge is 0.310 e. The van der Waals surface area contributed by atoms with Gasteiger partial charge < -0.3 is 19.6 Å². The number of rotatable bonds is 5. The lowest BCUT2D eigenvalue weighted by molar-refractivity contribution is -0.171. The van der Waals surface area contributed by atoms with Crippen LogP contribution in [0.4, 0.5) is 0 Å². The molecular weight excluding hydrogens is 356 g/mol. The Morgan fingerprint density at radius 2 is 1.50 bits per heavy atom. The highest BCUT2D eigenvalue weighted by Gasteiger charge is 2.47. The van der Waals surface area contributed by atoms with Crippen LogP contribution in [0.5, 0.6) is 0 Å². The first-order valence-corrected chi connectivity index (χ1v) is 10.6. The monoisotopic (exact) mass is 396 g/mol. The first-order valence-electron chi connectivity index (χ1n) is 10.6. The highest BCUT2D eigenvalue weighted by molar-refractivity contribution is 5.79. The molecule has 2 rings (SSSR count). The summed E-state index contributed by atoms with van der Waals surface area (Å²) in [7, 11) is 4.20. The number of esters is 1. The summed E-state index contributed by atoms with van der Waals surface area (Å²) in [5.41, 5.74) is -0.142. The number of carboxylic acids is 1. The lowest BCUT2D eigenvalue weighted by Gasteiger charge is -2.51. The van der Waals surface area contributed by atoms with Crippen LogP contribution < -0.4 is 0 Å². The third kappa shape index (κ3) is 4.38. The van der Waals surface area contributed by atoms with Crippen molar-refractivity contribution in [3.8, 4) is 0 Å². The summed E-state index contributed by atoms with van der Waals surface area (Å²) < 4.78 is 6.00. The molecule has 0 amide bonds. The largest absolute Gasteiger partial charge is 0.481 e. The van der Waals surface area contributed by atoms with Gasteiger partial charge in [0.2, 0.25) is 0 Å². The molecule has 2 aliphatic rings. The van der Waals surface area contributed by atoms with E-state index in [1.165, 1.54) is 0 Å². The Labute approximate surface area is 170 Å². The molecule has 2 fully saturated rings. The molecule has 1 N–H and O–H groups in total. The molecular formula is C22H40N2O4. The zero-order valence-corrected chi connectivity index (χ0v) is 19.0. The number of nitrogens with zero attached hydrogens (tertiary/aromatic N) is 2. The number of carbonyl (C=O) groups is 2. The summed E-state index contributed by atoms with van der Waals surface area (Å²) in [6.45, 7) is 14.7. The summed E-state index contributed by atoms with van der Waals surface area (Å²) in [4.78, 5) is 29.4. The van der Waals surface area contributed by atoms with Gasteiger partial charge in [0, 0.05) is 23.5 Å². The van der Waals surface area contributed by atoms with E-state index in [1.54, 1.807) is 0 Å². The lowest BCUT2D eigenvalue weighted by atomic mass is 9.67. The fourth-order valence-corrected chi connectivity index (χ4v) is 4.96. The third-order valence-electron chi connectivity index (χ3n) is 8.42. The Kier molecular flexibility index (Phi) is 6.87. The van der Waals surface area contributed by atoms with Gasteiger partial charge >= 0.3 is 11.9 Å². The number of carbonyl (C=O) groups excluding carboxylic acids is 1. The minimum absolute atomic E-state index is 0.0179. The van der Waals surface area contributed by atoms with Crippen molar-refractivity contribution in [3.63, 3.8) is 0 Å². The van der Waals surface area contributed by atoms with E-state index in [0.29, 0.717) is 0 Å². The van der Waals surface area contributed by atoms with Crippen molar-refractivity contribution >= 4 is 11.9 Å². The van der Waals surface area contributed by atoms with Gasteiger partial charge in [-0.1, -0.05) is 13.8 Å². The Morgan fingerprint density at radius 1 is 1.00 bits per heavy atom. The molecule has 5 unspecified atom stereocenters. The van der Waals surface area contributed by atoms with Crippen molar-refractivity contribution in [2.75, 3.05) is 27.2 Å². The number of piperidine rings is 2. The molecule has 162 valence electrons. The zero-order valence-electron chi connectivity index (χ0n) is 19.0. The summed E-state index contributed by atoms with van der Waals surface area (Å²) in [6.07, 6.45) is 1.30. The molecule has 0 aromatic carbocycles. The van der Waals surface area contributed by atoms with Crippen molar-refractivity contribution in [1.29, 1.82) is 0 Å². The number of aliphatic carboxylic acids is 1. The molecule has 6 heteroatoms. The third-order valence-corrected chi connectivity index (χ3v) is 8.42. The Bertz CT molecular complexity index is 589. The normalized spacial score (nSPS) is 34.6. The van der Waals surface area contributed by atoms with Gasteiger partial charge in [0.15, 0.2) is 0 Å². The van der Waals surface area contributed by atoms with Crippen LogP contribution in [0.15, 0.2) is 0 Å². The van der Waals surface area contributed by atoms with Gasteiger partial charge in [0.05, 0.1) is 12.3 Å². The molecule has 0 aliphatic carbocycles. The second-order valence-electron chi connectivity index (χ2n) is 10.1. The fraction of sp³-hybridized carbons (Fsp3) is 0.909. The molecule has 28 heavy (non-hydrogen) atoms. The maximum atomic E-state index is 13.2. The molecule has 6 nitrogen and oxygen atoms in total. The maximum absolute atomic E-state index is 13.2. The van der Waals surface area contributed by atoms with Gasteiger partial charge in [-0.15, -0.1) is 0 Å². The van der Waals surface area contributed by atoms with Crippen molar-refractivity contribution < 1.29 is 19.4 Å². The second-order valence-corrected chi connectivity index (χ2v) is 10.1. The number of likely N-dealkylation sites (tertiary alicyclic amines) is 2. The van der Waals surface area contributed by atoms with Crippen LogP contribution in [-0.2, 0) is 14.3 Å². The summed E-state index contributed by atoms with van der Waals surface area (Å²) in [5.74, 6) is -1.43. The van der Waals surface area contributed by atoms with E-state index in [4.69, 9.17) is 4.74 Å². The van der Waals surface area contributed by atoms with Crippen LogP contribution in [0.3, 0.4) is 0 Å². The summed E-state index contributed by atoms with van der Waals surface area (Å²) in [6, 6.07) is 0. The molecule has 0 aromatic heterocycles. The average molecular weight is 397 g/mol. The van der Waals surface area contributed by atoms with E-state index in [9.17, 15) is 14.7 Å². The number of hydrogen-bond donors (Lipinski definition) is 1. The summed E-state index contributed by atoms with van der Waals surface area (Å²) in [5, 5.41) is 9.48. The Hall–Kier alpha value is -1.14. The SMILES string of the molecule is CC1C(OC(=O)C(CC(=O)O)C2CCN(C)C(C)(C)C2C)CCN(C)C1(C)C. The van der Waals surface area contributed by atoms with Gasteiger partial charge in [-0.25, -0.2) is 0 Å². The van der Waals surface area contributed by atoms with Gasteiger partial charge in [0.25, 0.3) is 0 Å². The van der Waals surface area contributed by atoms with Gasteiger partial charge in [-0.05, 0) is 73.0 Å². The van der Waals surface area contributed by atoms with Crippen LogP contribution in [-0.4, -0.2) is 71.2 Å². The van der Waals surface area contributed by atoms with Crippen LogP contribution in [0.25, 0.3) is 0 Å². The molecule has 5 atom stereocenters. The van der Waals surface area contributed by atoms with Crippen LogP contribution in [0.1, 0.15) is 60.8 Å². The van der Waals surface area contributed by atoms with E-state index in [0.717, 1.165) is 25.9 Å². The minimum atomic E-state index is -0.928. The standard InChI is InChI=1S/C22H40N2O4/c1-14-16(9-11-23(7)21(14,3)4)17(13-19(25)26)20(27)28-18-10-12-24(8)22(5,6)15(18)2/h14-18H,9-13H2,1-8H3,(H,25,26). The van der Waals surface area contributed by atoms with Crippen molar-refractivity contribution in [1.82, 2.24) is 9.80 Å². The summed E-state index contributed by atoms with van der Waals surface area (Å²) >= 11 is 0. The molecule has 0 spiro atoms. The molecule has 2 saturated heterocycles. The molecule has 0 radical (unpaired) electrons. The first kappa shape index (κ1) is 23.1. The topological polar surface area (TPSA) is 70.1 Å². The maximum Gasteiger partial charge on any atom is 0.310 e. The van der Waals surface area contributed by atoms with Gasteiger partial charge in [-0.2, -0.15) is 0 Å². The van der Waals surface area contributed by atoms with Crippen molar-refractivity contribution in [3.05, 3.63) is 0 Å². The molecule has 0 aromatic rings. The number of ether oxygens (including phenoxy) is 1. The van der Waals surface area contributed by atoms with Gasteiger partial charge in [0.1, 0.15) is 6.10 Å². The first-order chi connectivity index (χ1) is 12.8. The van der Waals surface area contributed by atoms with E-state index in [1.807, 2.05) is 0 Å². The molecule has 2 heterocycles. The molecule has 2 aliphatic heterocycles. The predicted octanol–water partition coefficient (Wildman–Crippen LogP) is 3.11. The Balaban J connectivity index is 2.19. The van der Waals surface area contributed by atoms with E-state index in [2.05, 4.69) is 65.4 Å². The van der Waals surface area contributed by atoms with E-state index < -0.39 is 11.9 Å². The zero-order chi connectivity index (χ0) is 21.4. The molecule has 0 saturated carbocycles. The van der Waals surface area contributed by atoms with E-state index in [-0.39, 0.29) is 47.3 Å². The number of hydrogen-bond acceptors (Lipinski definition) is 5. The van der Waals surface area contributed by atoms with Crippen LogP contribution in [0, 0.1) is 23.7 Å². The van der Waals surface area contributed by atoms with Crippen molar-refractivity contribution in [2.45, 2.75) is 78.0 Å². The van der Waals surface area contributed by atoms with Crippen LogP contribution >= 0.6 is 0 Å². The minimum Gasteiger partial charge on any atom is -0.481 e.